The van der Waals surface area contributed by atoms with Gasteiger partial charge in [-0.1, -0.05) is 62.2 Å². The molecule has 2 fully saturated rings. The lowest BCUT2D eigenvalue weighted by atomic mass is 9.73. The molecule has 2 heterocycles. The van der Waals surface area contributed by atoms with Crippen molar-refractivity contribution in [3.8, 4) is 5.75 Å². The van der Waals surface area contributed by atoms with Crippen LogP contribution in [0.15, 0.2) is 59.7 Å². The van der Waals surface area contributed by atoms with E-state index in [1.165, 1.54) is 5.01 Å². The van der Waals surface area contributed by atoms with Crippen LogP contribution in [0.2, 0.25) is 0 Å². The average molecular weight is 475 g/mol. The van der Waals surface area contributed by atoms with E-state index in [0.717, 1.165) is 46.8 Å². The predicted molar refractivity (Wildman–Crippen MR) is 131 cm³/mol. The normalized spacial score (nSPS) is 26.2. The fourth-order valence-electron chi connectivity index (χ4n) is 5.48. The number of benzene rings is 2. The summed E-state index contributed by atoms with van der Waals surface area (Å²) < 4.78 is 5.27. The van der Waals surface area contributed by atoms with E-state index in [9.17, 15) is 14.4 Å². The number of methoxy groups -OCH3 is 1. The van der Waals surface area contributed by atoms with Crippen molar-refractivity contribution in [2.24, 2.45) is 11.0 Å². The summed E-state index contributed by atoms with van der Waals surface area (Å²) in [6, 6.07) is 16.4. The van der Waals surface area contributed by atoms with Crippen molar-refractivity contribution in [1.29, 1.82) is 0 Å². The molecule has 2 aromatic rings. The summed E-state index contributed by atoms with van der Waals surface area (Å²) in [7, 11) is 1.61. The zero-order valence-electron chi connectivity index (χ0n) is 20.1. The Bertz CT molecular complexity index is 1160. The van der Waals surface area contributed by atoms with Crippen molar-refractivity contribution in [3.63, 3.8) is 0 Å². The van der Waals surface area contributed by atoms with Gasteiger partial charge in [-0.05, 0) is 42.0 Å². The van der Waals surface area contributed by atoms with Gasteiger partial charge in [-0.2, -0.15) is 5.10 Å². The third kappa shape index (κ3) is 4.07. The highest BCUT2D eigenvalue weighted by Gasteiger charge is 2.55. The lowest BCUT2D eigenvalue weighted by Gasteiger charge is -2.36. The minimum Gasteiger partial charge on any atom is -0.497 e. The van der Waals surface area contributed by atoms with Crippen molar-refractivity contribution in [2.75, 3.05) is 13.7 Å². The van der Waals surface area contributed by atoms with Gasteiger partial charge in [0.1, 0.15) is 17.8 Å². The number of carbonyl (C=O) groups is 3. The molecule has 3 aliphatic rings. The first-order valence-corrected chi connectivity index (χ1v) is 12.2. The number of imide groups is 1. The zero-order valence-corrected chi connectivity index (χ0v) is 20.1. The average Bonchev–Trinajstić information content (AvgIpc) is 3.43. The fraction of sp³-hybridized carbons (Fsp3) is 0.407. The van der Waals surface area contributed by atoms with Crippen LogP contribution in [-0.4, -0.2) is 52.7 Å². The van der Waals surface area contributed by atoms with Crippen LogP contribution >= 0.6 is 0 Å². The highest BCUT2D eigenvalue weighted by molar-refractivity contribution is 6.09. The molecule has 1 saturated heterocycles. The maximum absolute atomic E-state index is 13.5. The van der Waals surface area contributed by atoms with E-state index >= 15 is 0 Å². The second kappa shape index (κ2) is 9.17. The van der Waals surface area contributed by atoms with Crippen LogP contribution in [-0.2, 0) is 9.59 Å². The Morgan fingerprint density at radius 1 is 1.11 bits per heavy atom. The van der Waals surface area contributed by atoms with Crippen molar-refractivity contribution >= 4 is 23.6 Å². The number of urea groups is 1. The highest BCUT2D eigenvalue weighted by atomic mass is 16.5. The lowest BCUT2D eigenvalue weighted by Crippen LogP contribution is -2.54. The molecule has 2 aliphatic heterocycles. The number of amides is 4. The predicted octanol–water partition coefficient (Wildman–Crippen LogP) is 3.87. The summed E-state index contributed by atoms with van der Waals surface area (Å²) in [5.41, 5.74) is 1.73. The monoisotopic (exact) mass is 474 g/mol. The first-order valence-electron chi connectivity index (χ1n) is 12.2. The van der Waals surface area contributed by atoms with Gasteiger partial charge in [0.05, 0.1) is 18.9 Å². The van der Waals surface area contributed by atoms with Gasteiger partial charge in [0.25, 0.3) is 11.8 Å². The first kappa shape index (κ1) is 23.1. The molecule has 35 heavy (non-hydrogen) atoms. The summed E-state index contributed by atoms with van der Waals surface area (Å²) >= 11 is 0. The van der Waals surface area contributed by atoms with Gasteiger partial charge in [-0.25, -0.2) is 9.80 Å². The molecule has 182 valence electrons. The quantitative estimate of drug-likeness (QED) is 0.666. The molecule has 8 heteroatoms. The number of hydrazone groups is 1. The van der Waals surface area contributed by atoms with Crippen molar-refractivity contribution in [3.05, 3.63) is 65.7 Å². The Balaban J connectivity index is 1.41. The molecule has 1 aliphatic carbocycles. The summed E-state index contributed by atoms with van der Waals surface area (Å²) in [5.74, 6) is 0.0747. The van der Waals surface area contributed by atoms with E-state index in [0.29, 0.717) is 12.8 Å². The van der Waals surface area contributed by atoms with Crippen LogP contribution in [0, 0.1) is 5.92 Å². The van der Waals surface area contributed by atoms with Crippen molar-refractivity contribution in [1.82, 2.24) is 15.2 Å². The van der Waals surface area contributed by atoms with Gasteiger partial charge in [0, 0.05) is 6.42 Å². The Labute approximate surface area is 204 Å². The Morgan fingerprint density at radius 2 is 1.86 bits per heavy atom. The van der Waals surface area contributed by atoms with Crippen LogP contribution < -0.4 is 10.1 Å². The van der Waals surface area contributed by atoms with E-state index in [-0.39, 0.29) is 30.3 Å². The minimum absolute atomic E-state index is 0.0364. The van der Waals surface area contributed by atoms with Crippen LogP contribution in [0.25, 0.3) is 0 Å². The SMILES string of the molecule is COc1ccc(C2CC(c3ccccc3)=NN2C(=O)CN2C(=O)NC3(CCCCC3C)C2=O)cc1. The summed E-state index contributed by atoms with van der Waals surface area (Å²) in [4.78, 5) is 40.8. The van der Waals surface area contributed by atoms with Gasteiger partial charge in [-0.3, -0.25) is 14.5 Å². The Morgan fingerprint density at radius 3 is 2.54 bits per heavy atom. The number of nitrogens with zero attached hydrogens (tertiary/aromatic N) is 3. The number of nitrogens with one attached hydrogen (secondary N) is 1. The largest absolute Gasteiger partial charge is 0.497 e. The number of carbonyl (C=O) groups excluding carboxylic acids is 3. The lowest BCUT2D eigenvalue weighted by molar-refractivity contribution is -0.141. The van der Waals surface area contributed by atoms with Gasteiger partial charge in [0.15, 0.2) is 0 Å². The molecule has 3 unspecified atom stereocenters. The van der Waals surface area contributed by atoms with Crippen molar-refractivity contribution in [2.45, 2.75) is 50.6 Å². The second-order valence-electron chi connectivity index (χ2n) is 9.58. The molecule has 3 atom stereocenters. The van der Waals surface area contributed by atoms with Gasteiger partial charge in [0.2, 0.25) is 0 Å². The fourth-order valence-corrected chi connectivity index (χ4v) is 5.48. The van der Waals surface area contributed by atoms with Gasteiger partial charge in [-0.15, -0.1) is 0 Å². The first-order chi connectivity index (χ1) is 16.9. The molecule has 1 saturated carbocycles. The molecular weight excluding hydrogens is 444 g/mol. The van der Waals surface area contributed by atoms with Crippen LogP contribution in [0.4, 0.5) is 4.79 Å². The van der Waals surface area contributed by atoms with E-state index in [1.54, 1.807) is 7.11 Å². The van der Waals surface area contributed by atoms with Gasteiger partial charge < -0.3 is 10.1 Å². The van der Waals surface area contributed by atoms with Crippen LogP contribution in [0.5, 0.6) is 5.75 Å². The maximum Gasteiger partial charge on any atom is 0.325 e. The Hall–Kier alpha value is -3.68. The van der Waals surface area contributed by atoms with Crippen molar-refractivity contribution < 1.29 is 19.1 Å². The summed E-state index contributed by atoms with van der Waals surface area (Å²) in [5, 5.41) is 9.02. The summed E-state index contributed by atoms with van der Waals surface area (Å²) in [6.07, 6.45) is 3.94. The van der Waals surface area contributed by atoms with E-state index in [1.807, 2.05) is 61.5 Å². The van der Waals surface area contributed by atoms with Gasteiger partial charge >= 0.3 is 6.03 Å². The van der Waals surface area contributed by atoms with E-state index in [2.05, 4.69) is 10.4 Å². The van der Waals surface area contributed by atoms with E-state index in [4.69, 9.17) is 4.74 Å². The minimum atomic E-state index is -0.894. The third-order valence-electron chi connectivity index (χ3n) is 7.57. The molecule has 0 radical (unpaired) electrons. The standard InChI is InChI=1S/C27H30N4O4/c1-18-8-6-7-15-27(18)25(33)30(26(34)28-27)17-24(32)31-23(20-11-13-21(35-2)14-12-20)16-22(29-31)19-9-4-3-5-10-19/h3-5,9-14,18,23H,6-8,15-17H2,1-2H3,(H,28,34). The molecule has 0 bridgehead atoms. The maximum atomic E-state index is 13.5. The smallest absolute Gasteiger partial charge is 0.325 e. The molecule has 0 aromatic heterocycles. The Kier molecular flexibility index (Phi) is 6.05. The zero-order chi connectivity index (χ0) is 24.6. The van der Waals surface area contributed by atoms with Crippen LogP contribution in [0.3, 0.4) is 0 Å². The van der Waals surface area contributed by atoms with Crippen LogP contribution in [0.1, 0.15) is 56.2 Å². The highest BCUT2D eigenvalue weighted by Crippen LogP contribution is 2.39. The molecule has 1 N–H and O–H groups in total. The number of ether oxygens (including phenoxy) is 1. The molecule has 5 rings (SSSR count). The molecule has 1 spiro atoms. The second-order valence-corrected chi connectivity index (χ2v) is 9.58. The number of hydrogen-bond donors (Lipinski definition) is 1. The summed E-state index contributed by atoms with van der Waals surface area (Å²) in [6.45, 7) is 1.66. The molecular formula is C27H30N4O4. The molecule has 2 aromatic carbocycles. The number of hydrogen-bond acceptors (Lipinski definition) is 5. The third-order valence-corrected chi connectivity index (χ3v) is 7.57. The topological polar surface area (TPSA) is 91.3 Å². The molecule has 8 nitrogen and oxygen atoms in total. The molecule has 4 amide bonds. The number of rotatable bonds is 5. The van der Waals surface area contributed by atoms with E-state index < -0.39 is 11.6 Å².